The van der Waals surface area contributed by atoms with Crippen molar-refractivity contribution in [2.75, 3.05) is 13.1 Å². The van der Waals surface area contributed by atoms with Gasteiger partial charge in [-0.1, -0.05) is 0 Å². The fourth-order valence-electron chi connectivity index (χ4n) is 2.57. The van der Waals surface area contributed by atoms with E-state index in [1.165, 1.54) is 4.90 Å². The molecule has 0 aromatic heterocycles. The number of carboxylic acids is 1. The van der Waals surface area contributed by atoms with Crippen LogP contribution in [0.25, 0.3) is 0 Å². The number of carbonyl (C=O) groups is 3. The van der Waals surface area contributed by atoms with Crippen LogP contribution < -0.4 is 5.32 Å². The maximum Gasteiger partial charge on any atom is 0.306 e. The molecule has 2 atom stereocenters. The van der Waals surface area contributed by atoms with E-state index in [0.29, 0.717) is 25.8 Å². The first kappa shape index (κ1) is 16.5. The summed E-state index contributed by atoms with van der Waals surface area (Å²) in [6.45, 7) is 6.05. The number of nitrogens with one attached hydrogen (secondary N) is 1. The van der Waals surface area contributed by atoms with E-state index < -0.39 is 11.9 Å². The van der Waals surface area contributed by atoms with Gasteiger partial charge in [0.25, 0.3) is 0 Å². The zero-order valence-corrected chi connectivity index (χ0v) is 12.4. The Morgan fingerprint density at radius 2 is 1.85 bits per heavy atom. The minimum absolute atomic E-state index is 0.0409. The lowest BCUT2D eigenvalue weighted by Crippen LogP contribution is -2.44. The van der Waals surface area contributed by atoms with Gasteiger partial charge in [0.1, 0.15) is 0 Å². The van der Waals surface area contributed by atoms with Crippen molar-refractivity contribution in [1.29, 1.82) is 0 Å². The van der Waals surface area contributed by atoms with E-state index in [9.17, 15) is 14.4 Å². The van der Waals surface area contributed by atoms with Crippen molar-refractivity contribution < 1.29 is 19.5 Å². The Hall–Kier alpha value is -1.59. The number of aliphatic carboxylic acids is 1. The van der Waals surface area contributed by atoms with Crippen LogP contribution >= 0.6 is 0 Å². The molecule has 6 nitrogen and oxygen atoms in total. The van der Waals surface area contributed by atoms with Crippen molar-refractivity contribution in [3.63, 3.8) is 0 Å². The Balaban J connectivity index is 2.55. The third kappa shape index (κ3) is 4.51. The van der Waals surface area contributed by atoms with Crippen LogP contribution in [-0.2, 0) is 14.4 Å². The third-order valence-electron chi connectivity index (χ3n) is 3.61. The zero-order valence-electron chi connectivity index (χ0n) is 12.4. The number of rotatable bonds is 6. The Morgan fingerprint density at radius 3 is 2.30 bits per heavy atom. The normalized spacial score (nSPS) is 21.8. The van der Waals surface area contributed by atoms with Gasteiger partial charge in [0, 0.05) is 18.5 Å². The molecular formula is C14H24N2O4. The standard InChI is InChI=1S/C14H24N2O4/c1-4-16(8-12(17)15-9(2)3)13(18)10-5-6-11(7-10)14(19)20/h9-11H,4-8H2,1-3H3,(H,15,17)(H,19,20). The molecule has 1 rings (SSSR count). The molecule has 2 amide bonds. The monoisotopic (exact) mass is 284 g/mol. The zero-order chi connectivity index (χ0) is 15.3. The molecule has 2 N–H and O–H groups in total. The van der Waals surface area contributed by atoms with E-state index in [2.05, 4.69) is 5.32 Å². The van der Waals surface area contributed by atoms with Crippen LogP contribution in [0.4, 0.5) is 0 Å². The Morgan fingerprint density at radius 1 is 1.25 bits per heavy atom. The van der Waals surface area contributed by atoms with Gasteiger partial charge >= 0.3 is 5.97 Å². The van der Waals surface area contributed by atoms with Crippen LogP contribution in [0.2, 0.25) is 0 Å². The Bertz CT molecular complexity index is 381. The summed E-state index contributed by atoms with van der Waals surface area (Å²) in [7, 11) is 0. The van der Waals surface area contributed by atoms with Crippen LogP contribution in [0.3, 0.4) is 0 Å². The molecular weight excluding hydrogens is 260 g/mol. The first-order valence-corrected chi connectivity index (χ1v) is 7.16. The largest absolute Gasteiger partial charge is 0.481 e. The van der Waals surface area contributed by atoms with Gasteiger partial charge in [0.05, 0.1) is 12.5 Å². The molecule has 1 aliphatic carbocycles. The van der Waals surface area contributed by atoms with E-state index in [1.807, 2.05) is 20.8 Å². The van der Waals surface area contributed by atoms with Gasteiger partial charge in [-0.3, -0.25) is 14.4 Å². The lowest BCUT2D eigenvalue weighted by Gasteiger charge is -2.24. The fraction of sp³-hybridized carbons (Fsp3) is 0.786. The number of carboxylic acid groups (broad SMARTS) is 1. The van der Waals surface area contributed by atoms with Gasteiger partial charge in [0.15, 0.2) is 0 Å². The van der Waals surface area contributed by atoms with Crippen LogP contribution in [0.1, 0.15) is 40.0 Å². The molecule has 1 aliphatic rings. The van der Waals surface area contributed by atoms with Crippen molar-refractivity contribution in [2.45, 2.75) is 46.1 Å². The van der Waals surface area contributed by atoms with Crippen LogP contribution in [0, 0.1) is 11.8 Å². The Kier molecular flexibility index (Phi) is 5.98. The summed E-state index contributed by atoms with van der Waals surface area (Å²) in [6, 6.07) is 0.0409. The van der Waals surface area contributed by atoms with E-state index >= 15 is 0 Å². The fourth-order valence-corrected chi connectivity index (χ4v) is 2.57. The quantitative estimate of drug-likeness (QED) is 0.757. The van der Waals surface area contributed by atoms with Gasteiger partial charge in [-0.05, 0) is 40.0 Å². The molecule has 2 unspecified atom stereocenters. The molecule has 20 heavy (non-hydrogen) atoms. The summed E-state index contributed by atoms with van der Waals surface area (Å²) < 4.78 is 0. The molecule has 0 aromatic rings. The number of nitrogens with zero attached hydrogens (tertiary/aromatic N) is 1. The summed E-state index contributed by atoms with van der Waals surface area (Å²) in [5.41, 5.74) is 0. The molecule has 114 valence electrons. The highest BCUT2D eigenvalue weighted by Gasteiger charge is 2.35. The molecule has 0 aromatic carbocycles. The summed E-state index contributed by atoms with van der Waals surface area (Å²) in [6.07, 6.45) is 1.52. The van der Waals surface area contributed by atoms with Crippen LogP contribution in [-0.4, -0.2) is 46.9 Å². The first-order chi connectivity index (χ1) is 9.35. The molecule has 6 heteroatoms. The van der Waals surface area contributed by atoms with Crippen molar-refractivity contribution in [3.05, 3.63) is 0 Å². The predicted molar refractivity (Wildman–Crippen MR) is 74.0 cm³/mol. The minimum atomic E-state index is -0.833. The topological polar surface area (TPSA) is 86.7 Å². The predicted octanol–water partition coefficient (Wildman–Crippen LogP) is 0.860. The third-order valence-corrected chi connectivity index (χ3v) is 3.61. The number of hydrogen-bond acceptors (Lipinski definition) is 3. The summed E-state index contributed by atoms with van der Waals surface area (Å²) in [5, 5.41) is 11.7. The average molecular weight is 284 g/mol. The van der Waals surface area contributed by atoms with Gasteiger partial charge in [0.2, 0.25) is 11.8 Å². The Labute approximate surface area is 119 Å². The number of hydrogen-bond donors (Lipinski definition) is 2. The van der Waals surface area contributed by atoms with Crippen molar-refractivity contribution >= 4 is 17.8 Å². The van der Waals surface area contributed by atoms with E-state index in [4.69, 9.17) is 5.11 Å². The van der Waals surface area contributed by atoms with Crippen molar-refractivity contribution in [1.82, 2.24) is 10.2 Å². The molecule has 1 saturated carbocycles. The van der Waals surface area contributed by atoms with E-state index in [-0.39, 0.29) is 30.3 Å². The highest BCUT2D eigenvalue weighted by molar-refractivity contribution is 5.86. The van der Waals surface area contributed by atoms with Gasteiger partial charge in [-0.2, -0.15) is 0 Å². The molecule has 0 aliphatic heterocycles. The van der Waals surface area contributed by atoms with Gasteiger partial charge in [-0.25, -0.2) is 0 Å². The summed E-state index contributed by atoms with van der Waals surface area (Å²) in [5.74, 6) is -1.80. The second kappa shape index (κ2) is 7.26. The molecule has 0 spiro atoms. The minimum Gasteiger partial charge on any atom is -0.481 e. The second-order valence-electron chi connectivity index (χ2n) is 5.62. The second-order valence-corrected chi connectivity index (χ2v) is 5.62. The molecule has 1 fully saturated rings. The lowest BCUT2D eigenvalue weighted by atomic mass is 10.0. The SMILES string of the molecule is CCN(CC(=O)NC(C)C)C(=O)C1CCC(C(=O)O)C1. The molecule has 0 saturated heterocycles. The highest BCUT2D eigenvalue weighted by Crippen LogP contribution is 2.32. The maximum absolute atomic E-state index is 12.3. The number of amides is 2. The molecule has 0 radical (unpaired) electrons. The molecule has 0 bridgehead atoms. The maximum atomic E-state index is 12.3. The first-order valence-electron chi connectivity index (χ1n) is 7.16. The van der Waals surface area contributed by atoms with E-state index in [0.717, 1.165) is 0 Å². The van der Waals surface area contributed by atoms with Gasteiger partial charge in [-0.15, -0.1) is 0 Å². The smallest absolute Gasteiger partial charge is 0.306 e. The number of likely N-dealkylation sites (N-methyl/N-ethyl adjacent to an activating group) is 1. The van der Waals surface area contributed by atoms with E-state index in [1.54, 1.807) is 0 Å². The van der Waals surface area contributed by atoms with Crippen LogP contribution in [0.5, 0.6) is 0 Å². The summed E-state index contributed by atoms with van der Waals surface area (Å²) >= 11 is 0. The van der Waals surface area contributed by atoms with Crippen molar-refractivity contribution in [2.24, 2.45) is 11.8 Å². The van der Waals surface area contributed by atoms with Crippen molar-refractivity contribution in [3.8, 4) is 0 Å². The number of carbonyl (C=O) groups excluding carboxylic acids is 2. The highest BCUT2D eigenvalue weighted by atomic mass is 16.4. The molecule has 0 heterocycles. The summed E-state index contributed by atoms with van der Waals surface area (Å²) in [4.78, 5) is 36.5. The van der Waals surface area contributed by atoms with Gasteiger partial charge < -0.3 is 15.3 Å². The lowest BCUT2D eigenvalue weighted by molar-refractivity contribution is -0.142. The van der Waals surface area contributed by atoms with Crippen LogP contribution in [0.15, 0.2) is 0 Å². The average Bonchev–Trinajstić information content (AvgIpc) is 2.83.